The highest BCUT2D eigenvalue weighted by atomic mass is 32.2. The van der Waals surface area contributed by atoms with Gasteiger partial charge in [-0.3, -0.25) is 9.10 Å². The monoisotopic (exact) mass is 497 g/mol. The van der Waals surface area contributed by atoms with Crippen molar-refractivity contribution < 1.29 is 17.9 Å². The normalized spacial score (nSPS) is 12.2. The number of ether oxygens (including phenoxy) is 1. The van der Waals surface area contributed by atoms with Crippen LogP contribution in [0.5, 0.6) is 5.75 Å². The Balaban J connectivity index is 1.30. The van der Waals surface area contributed by atoms with Gasteiger partial charge in [0.1, 0.15) is 22.6 Å². The molecule has 0 saturated heterocycles. The number of sulfonamides is 1. The molecule has 0 spiro atoms. The van der Waals surface area contributed by atoms with Crippen molar-refractivity contribution >= 4 is 33.0 Å². The summed E-state index contributed by atoms with van der Waals surface area (Å²) >= 11 is 1.17. The van der Waals surface area contributed by atoms with Crippen molar-refractivity contribution in [2.45, 2.75) is 17.2 Å². The molecule has 0 aliphatic heterocycles. The van der Waals surface area contributed by atoms with Crippen LogP contribution in [0.3, 0.4) is 0 Å². The molecule has 0 fully saturated rings. The molecule has 4 rings (SSSR count). The van der Waals surface area contributed by atoms with Crippen molar-refractivity contribution in [2.75, 3.05) is 18.0 Å². The standard InChI is InChI=1S/C23H23N5O4S2/c1-17(18-5-7-20(8-6-18)28-16-24-15-25-28)26-22(29)14-32-21-11-9-19(10-12-21)27(2)34(30,31)23-4-3-13-33-23/h3-13,15-17H,14H2,1-2H3,(H,26,29)/t17-/m0/s1. The van der Waals surface area contributed by atoms with E-state index in [1.807, 2.05) is 31.2 Å². The first-order chi connectivity index (χ1) is 16.3. The molecular weight excluding hydrogens is 474 g/mol. The molecule has 0 unspecified atom stereocenters. The molecule has 9 nitrogen and oxygen atoms in total. The molecule has 34 heavy (non-hydrogen) atoms. The van der Waals surface area contributed by atoms with Gasteiger partial charge in [-0.25, -0.2) is 18.1 Å². The Hall–Kier alpha value is -3.70. The molecular formula is C23H23N5O4S2. The molecule has 2 aromatic heterocycles. The Kier molecular flexibility index (Phi) is 6.94. The summed E-state index contributed by atoms with van der Waals surface area (Å²) in [5, 5.41) is 8.71. The lowest BCUT2D eigenvalue weighted by atomic mass is 10.1. The van der Waals surface area contributed by atoms with E-state index in [0.717, 1.165) is 11.3 Å². The van der Waals surface area contributed by atoms with E-state index >= 15 is 0 Å². The minimum absolute atomic E-state index is 0.163. The molecule has 1 N–H and O–H groups in total. The molecule has 176 valence electrons. The second-order valence-corrected chi connectivity index (χ2v) is 10.6. The van der Waals surface area contributed by atoms with Crippen molar-refractivity contribution in [1.82, 2.24) is 20.1 Å². The predicted molar refractivity (Wildman–Crippen MR) is 130 cm³/mol. The van der Waals surface area contributed by atoms with E-state index in [0.29, 0.717) is 11.4 Å². The number of aromatic nitrogens is 3. The van der Waals surface area contributed by atoms with Crippen LogP contribution in [0.1, 0.15) is 18.5 Å². The van der Waals surface area contributed by atoms with Gasteiger partial charge >= 0.3 is 0 Å². The van der Waals surface area contributed by atoms with E-state index in [2.05, 4.69) is 15.4 Å². The lowest BCUT2D eigenvalue weighted by molar-refractivity contribution is -0.123. The summed E-state index contributed by atoms with van der Waals surface area (Å²) in [6.45, 7) is 1.73. The maximum atomic E-state index is 12.6. The van der Waals surface area contributed by atoms with E-state index in [-0.39, 0.29) is 22.8 Å². The first kappa shape index (κ1) is 23.5. The van der Waals surface area contributed by atoms with Crippen LogP contribution in [0.15, 0.2) is 82.9 Å². The Morgan fingerprint density at radius 3 is 2.50 bits per heavy atom. The second kappa shape index (κ2) is 10.1. The van der Waals surface area contributed by atoms with E-state index < -0.39 is 10.0 Å². The maximum absolute atomic E-state index is 12.6. The SMILES string of the molecule is C[C@H](NC(=O)COc1ccc(N(C)S(=O)(=O)c2cccs2)cc1)c1ccc(-n2cncn2)cc1. The van der Waals surface area contributed by atoms with Crippen molar-refractivity contribution in [1.29, 1.82) is 0 Å². The van der Waals surface area contributed by atoms with Gasteiger partial charge in [-0.2, -0.15) is 5.10 Å². The zero-order valence-corrected chi connectivity index (χ0v) is 20.2. The van der Waals surface area contributed by atoms with Crippen LogP contribution >= 0.6 is 11.3 Å². The van der Waals surface area contributed by atoms with E-state index in [9.17, 15) is 13.2 Å². The quantitative estimate of drug-likeness (QED) is 0.380. The number of nitrogens with zero attached hydrogens (tertiary/aromatic N) is 4. The molecule has 2 heterocycles. The van der Waals surface area contributed by atoms with Gasteiger partial charge in [-0.05, 0) is 60.3 Å². The second-order valence-electron chi connectivity index (χ2n) is 7.41. The fourth-order valence-corrected chi connectivity index (χ4v) is 5.57. The van der Waals surface area contributed by atoms with Gasteiger partial charge in [0.05, 0.1) is 17.4 Å². The van der Waals surface area contributed by atoms with Gasteiger partial charge in [-0.1, -0.05) is 18.2 Å². The lowest BCUT2D eigenvalue weighted by Gasteiger charge is -2.19. The fraction of sp³-hybridized carbons (Fsp3) is 0.174. The number of benzene rings is 2. The molecule has 2 aromatic carbocycles. The largest absolute Gasteiger partial charge is 0.484 e. The summed E-state index contributed by atoms with van der Waals surface area (Å²) in [5.41, 5.74) is 2.31. The zero-order valence-electron chi connectivity index (χ0n) is 18.5. The summed E-state index contributed by atoms with van der Waals surface area (Å²) in [4.78, 5) is 16.3. The average Bonchev–Trinajstić information content (AvgIpc) is 3.58. The number of amides is 1. The Morgan fingerprint density at radius 1 is 1.15 bits per heavy atom. The third-order valence-corrected chi connectivity index (χ3v) is 8.29. The van der Waals surface area contributed by atoms with Gasteiger partial charge in [0, 0.05) is 7.05 Å². The molecule has 11 heteroatoms. The average molecular weight is 498 g/mol. The highest BCUT2D eigenvalue weighted by Crippen LogP contribution is 2.26. The minimum atomic E-state index is -3.60. The molecule has 4 aromatic rings. The van der Waals surface area contributed by atoms with Gasteiger partial charge in [0.25, 0.3) is 15.9 Å². The van der Waals surface area contributed by atoms with Gasteiger partial charge in [0.15, 0.2) is 6.61 Å². The van der Waals surface area contributed by atoms with Crippen molar-refractivity contribution in [3.05, 3.63) is 84.3 Å². The number of anilines is 1. The Morgan fingerprint density at radius 2 is 1.88 bits per heavy atom. The third-order valence-electron chi connectivity index (χ3n) is 5.13. The number of hydrogen-bond acceptors (Lipinski definition) is 7. The Labute approximate surface area is 201 Å². The smallest absolute Gasteiger partial charge is 0.273 e. The summed E-state index contributed by atoms with van der Waals surface area (Å²) in [6, 6.07) is 17.2. The summed E-state index contributed by atoms with van der Waals surface area (Å²) < 4.78 is 34.0. The molecule has 1 atom stereocenters. The molecule has 0 bridgehead atoms. The maximum Gasteiger partial charge on any atom is 0.273 e. The lowest BCUT2D eigenvalue weighted by Crippen LogP contribution is -2.31. The molecule has 0 radical (unpaired) electrons. The van der Waals surface area contributed by atoms with Crippen LogP contribution in [0, 0.1) is 0 Å². The number of nitrogens with one attached hydrogen (secondary N) is 1. The van der Waals surface area contributed by atoms with Gasteiger partial charge in [-0.15, -0.1) is 11.3 Å². The van der Waals surface area contributed by atoms with Crippen molar-refractivity contribution in [3.63, 3.8) is 0 Å². The number of rotatable bonds is 9. The van der Waals surface area contributed by atoms with Gasteiger partial charge < -0.3 is 10.1 Å². The Bertz CT molecular complexity index is 1320. The third kappa shape index (κ3) is 5.26. The van der Waals surface area contributed by atoms with Crippen LogP contribution < -0.4 is 14.4 Å². The number of carbonyl (C=O) groups is 1. The first-order valence-electron chi connectivity index (χ1n) is 10.3. The highest BCUT2D eigenvalue weighted by molar-refractivity contribution is 7.94. The van der Waals surface area contributed by atoms with Crippen LogP contribution in [0.25, 0.3) is 5.69 Å². The van der Waals surface area contributed by atoms with Crippen molar-refractivity contribution in [2.24, 2.45) is 0 Å². The van der Waals surface area contributed by atoms with Crippen LogP contribution in [0.4, 0.5) is 5.69 Å². The van der Waals surface area contributed by atoms with Crippen molar-refractivity contribution in [3.8, 4) is 11.4 Å². The number of carbonyl (C=O) groups excluding carboxylic acids is 1. The topological polar surface area (TPSA) is 106 Å². The summed E-state index contributed by atoms with van der Waals surface area (Å²) in [5.74, 6) is 0.194. The fourth-order valence-electron chi connectivity index (χ4n) is 3.21. The molecule has 0 saturated carbocycles. The van der Waals surface area contributed by atoms with E-state index in [4.69, 9.17) is 4.74 Å². The summed E-state index contributed by atoms with van der Waals surface area (Å²) in [6.07, 6.45) is 3.08. The van der Waals surface area contributed by atoms with Crippen LogP contribution in [-0.4, -0.2) is 42.7 Å². The van der Waals surface area contributed by atoms with E-state index in [1.165, 1.54) is 29.0 Å². The number of hydrogen-bond donors (Lipinski definition) is 1. The van der Waals surface area contributed by atoms with E-state index in [1.54, 1.807) is 52.8 Å². The highest BCUT2D eigenvalue weighted by Gasteiger charge is 2.22. The predicted octanol–water partition coefficient (Wildman–Crippen LogP) is 3.41. The van der Waals surface area contributed by atoms with Crippen LogP contribution in [0.2, 0.25) is 0 Å². The van der Waals surface area contributed by atoms with Gasteiger partial charge in [0.2, 0.25) is 0 Å². The first-order valence-corrected chi connectivity index (χ1v) is 12.7. The molecule has 0 aliphatic rings. The summed E-state index contributed by atoms with van der Waals surface area (Å²) in [7, 11) is -2.11. The number of thiophene rings is 1. The zero-order chi connectivity index (χ0) is 24.1. The minimum Gasteiger partial charge on any atom is -0.484 e. The van der Waals surface area contributed by atoms with Crippen LogP contribution in [-0.2, 0) is 14.8 Å². The molecule has 0 aliphatic carbocycles. The molecule has 1 amide bonds.